The molecule has 0 saturated heterocycles. The van der Waals surface area contributed by atoms with E-state index in [0.29, 0.717) is 0 Å². The van der Waals surface area contributed by atoms with E-state index in [4.69, 9.17) is 0 Å². The maximum Gasteiger partial charge on any atom is 0.499 e. The molecule has 0 N–H and O–H groups in total. The summed E-state index contributed by atoms with van der Waals surface area (Å²) in [7, 11) is 0. The van der Waals surface area contributed by atoms with Gasteiger partial charge in [0.2, 0.25) is 0 Å². The van der Waals surface area contributed by atoms with Crippen molar-refractivity contribution >= 4 is 15.9 Å². The van der Waals surface area contributed by atoms with Crippen LogP contribution in [0.5, 0.6) is 0 Å². The molecule has 0 aromatic heterocycles. The van der Waals surface area contributed by atoms with E-state index in [1.165, 1.54) is 6.08 Å². The van der Waals surface area contributed by atoms with Gasteiger partial charge in [0.1, 0.15) is 5.76 Å². The van der Waals surface area contributed by atoms with Gasteiger partial charge in [0.05, 0.1) is 4.48 Å². The van der Waals surface area contributed by atoms with Gasteiger partial charge in [-0.3, -0.25) is 0 Å². The molecule has 0 aromatic rings. The molecule has 0 aliphatic heterocycles. The maximum absolute atomic E-state index is 12.4. The van der Waals surface area contributed by atoms with E-state index in [0.717, 1.165) is 6.08 Å². The predicted molar refractivity (Wildman–Crippen MR) is 46.1 cm³/mol. The van der Waals surface area contributed by atoms with Gasteiger partial charge in [0.25, 0.3) is 0 Å². The first-order valence-electron chi connectivity index (χ1n) is 3.77. The Bertz CT molecular complexity index is 305. The van der Waals surface area contributed by atoms with Crippen LogP contribution in [0.2, 0.25) is 0 Å². The smallest absolute Gasteiger partial charge is 0.425 e. The fourth-order valence-corrected chi connectivity index (χ4v) is 1.24. The fraction of sp³-hybridized carbons (Fsp3) is 0.375. The minimum absolute atomic E-state index is 0.0534. The Morgan fingerprint density at radius 1 is 1.20 bits per heavy atom. The van der Waals surface area contributed by atoms with Crippen LogP contribution in [0, 0.1) is 6.42 Å². The number of halogens is 6. The van der Waals surface area contributed by atoms with Crippen molar-refractivity contribution in [1.29, 1.82) is 0 Å². The van der Waals surface area contributed by atoms with Gasteiger partial charge in [-0.2, -0.15) is 22.0 Å². The van der Waals surface area contributed by atoms with Crippen LogP contribution in [0.4, 0.5) is 22.0 Å². The molecule has 0 saturated carbocycles. The highest BCUT2D eigenvalue weighted by atomic mass is 79.9. The summed E-state index contributed by atoms with van der Waals surface area (Å²) < 4.78 is 63.9. The van der Waals surface area contributed by atoms with Crippen molar-refractivity contribution in [2.75, 3.05) is 0 Å². The van der Waals surface area contributed by atoms with Crippen molar-refractivity contribution in [2.45, 2.75) is 18.7 Å². The Morgan fingerprint density at radius 2 is 1.80 bits per heavy atom. The van der Waals surface area contributed by atoms with E-state index in [2.05, 4.69) is 20.7 Å². The zero-order valence-electron chi connectivity index (χ0n) is 7.12. The zero-order valence-corrected chi connectivity index (χ0v) is 8.70. The van der Waals surface area contributed by atoms with Crippen molar-refractivity contribution in [2.24, 2.45) is 0 Å². The van der Waals surface area contributed by atoms with Crippen LogP contribution in [-0.4, -0.2) is 12.3 Å². The largest absolute Gasteiger partial charge is 0.499 e. The van der Waals surface area contributed by atoms with E-state index in [-0.39, 0.29) is 10.9 Å². The highest BCUT2D eigenvalue weighted by molar-refractivity contribution is 9.11. The Balaban J connectivity index is 2.78. The quantitative estimate of drug-likeness (QED) is 0.701. The van der Waals surface area contributed by atoms with Crippen LogP contribution < -0.4 is 0 Å². The first kappa shape index (κ1) is 12.5. The number of rotatable bonds is 2. The second kappa shape index (κ2) is 4.11. The van der Waals surface area contributed by atoms with Gasteiger partial charge in [0, 0.05) is 0 Å². The maximum atomic E-state index is 12.4. The summed E-state index contributed by atoms with van der Waals surface area (Å²) in [5.74, 6) is -0.514. The summed E-state index contributed by atoms with van der Waals surface area (Å²) in [5, 5.41) is 0. The predicted octanol–water partition coefficient (Wildman–Crippen LogP) is 3.93. The first-order chi connectivity index (χ1) is 6.74. The molecule has 1 aliphatic rings. The van der Waals surface area contributed by atoms with Crippen LogP contribution in [0.3, 0.4) is 0 Å². The van der Waals surface area contributed by atoms with Crippen molar-refractivity contribution in [3.63, 3.8) is 0 Å². The Morgan fingerprint density at radius 3 is 2.27 bits per heavy atom. The number of allylic oxidation sites excluding steroid dienone is 3. The van der Waals surface area contributed by atoms with Gasteiger partial charge in [0.15, 0.2) is 0 Å². The lowest BCUT2D eigenvalue weighted by atomic mass is 10.2. The highest BCUT2D eigenvalue weighted by Gasteiger charge is 2.61. The molecule has 0 fully saturated rings. The summed E-state index contributed by atoms with van der Waals surface area (Å²) in [6.07, 6.45) is -6.59. The van der Waals surface area contributed by atoms with Gasteiger partial charge < -0.3 is 4.74 Å². The van der Waals surface area contributed by atoms with Crippen LogP contribution in [0.15, 0.2) is 22.4 Å². The van der Waals surface area contributed by atoms with Crippen molar-refractivity contribution in [1.82, 2.24) is 0 Å². The molecule has 0 amide bonds. The molecular weight excluding hydrogens is 287 g/mol. The molecule has 0 atom stereocenters. The number of alkyl halides is 5. The minimum Gasteiger partial charge on any atom is -0.425 e. The topological polar surface area (TPSA) is 9.23 Å². The Kier molecular flexibility index (Phi) is 3.42. The average molecular weight is 292 g/mol. The number of hydrogen-bond acceptors (Lipinski definition) is 1. The molecule has 0 unspecified atom stereocenters. The molecule has 15 heavy (non-hydrogen) atoms. The van der Waals surface area contributed by atoms with E-state index in [1.807, 2.05) is 0 Å². The standard InChI is InChI=1S/C8H5BrF5O/c9-5-3-1-2-4-6(5)15-8(13,14)7(10,11)12/h1,3-4H,2H2. The van der Waals surface area contributed by atoms with Gasteiger partial charge in [-0.15, -0.1) is 0 Å². The molecule has 0 aromatic carbocycles. The third kappa shape index (κ3) is 2.93. The van der Waals surface area contributed by atoms with Crippen LogP contribution in [0.1, 0.15) is 6.42 Å². The summed E-state index contributed by atoms with van der Waals surface area (Å²) in [6, 6.07) is 0. The van der Waals surface area contributed by atoms with Crippen molar-refractivity contribution in [3.05, 3.63) is 28.8 Å². The molecule has 1 radical (unpaired) electrons. The molecule has 85 valence electrons. The fourth-order valence-electron chi connectivity index (χ4n) is 0.813. The normalized spacial score (nSPS) is 18.3. The second-order valence-corrected chi connectivity index (χ2v) is 3.53. The van der Waals surface area contributed by atoms with Crippen LogP contribution in [-0.2, 0) is 4.74 Å². The van der Waals surface area contributed by atoms with Crippen molar-refractivity contribution in [3.8, 4) is 0 Å². The summed E-state index contributed by atoms with van der Waals surface area (Å²) in [5.41, 5.74) is 0. The monoisotopic (exact) mass is 291 g/mol. The van der Waals surface area contributed by atoms with E-state index in [1.54, 1.807) is 6.42 Å². The van der Waals surface area contributed by atoms with E-state index >= 15 is 0 Å². The Hall–Kier alpha value is -0.590. The van der Waals surface area contributed by atoms with Gasteiger partial charge in [-0.1, -0.05) is 6.08 Å². The van der Waals surface area contributed by atoms with Crippen LogP contribution in [0.25, 0.3) is 0 Å². The zero-order chi connectivity index (χ0) is 11.7. The third-order valence-electron chi connectivity index (χ3n) is 1.51. The highest BCUT2D eigenvalue weighted by Crippen LogP contribution is 2.40. The molecule has 0 heterocycles. The lowest BCUT2D eigenvalue weighted by Gasteiger charge is -2.22. The van der Waals surface area contributed by atoms with E-state index < -0.39 is 18.0 Å². The van der Waals surface area contributed by atoms with Gasteiger partial charge in [-0.25, -0.2) is 0 Å². The van der Waals surface area contributed by atoms with Crippen molar-refractivity contribution < 1.29 is 26.7 Å². The summed E-state index contributed by atoms with van der Waals surface area (Å²) in [4.78, 5) is 0. The van der Waals surface area contributed by atoms with Crippen LogP contribution >= 0.6 is 15.9 Å². The lowest BCUT2D eigenvalue weighted by molar-refractivity contribution is -0.378. The molecule has 1 rings (SSSR count). The molecule has 7 heteroatoms. The molecule has 1 nitrogen and oxygen atoms in total. The lowest BCUT2D eigenvalue weighted by Crippen LogP contribution is -2.39. The van der Waals surface area contributed by atoms with Gasteiger partial charge >= 0.3 is 12.3 Å². The molecule has 0 spiro atoms. The molecular formula is C8H5BrF5O. The van der Waals surface area contributed by atoms with E-state index in [9.17, 15) is 22.0 Å². The first-order valence-corrected chi connectivity index (χ1v) is 4.56. The summed E-state index contributed by atoms with van der Waals surface area (Å²) >= 11 is 2.81. The molecule has 0 bridgehead atoms. The Labute approximate surface area is 90.7 Å². The second-order valence-electron chi connectivity index (χ2n) is 2.67. The summed E-state index contributed by atoms with van der Waals surface area (Å²) in [6.45, 7) is 0. The number of hydrogen-bond donors (Lipinski definition) is 0. The average Bonchev–Trinajstić information content (AvgIpc) is 2.06. The van der Waals surface area contributed by atoms with Gasteiger partial charge in [-0.05, 0) is 34.8 Å². The minimum atomic E-state index is -5.72. The third-order valence-corrected chi connectivity index (χ3v) is 2.16. The number of ether oxygens (including phenoxy) is 1. The SMILES string of the molecule is FC(F)(F)C(F)(F)OC1=CC[CH]C=C1Br. The molecule has 1 aliphatic carbocycles.